The second-order valence-electron chi connectivity index (χ2n) is 5.48. The summed E-state index contributed by atoms with van der Waals surface area (Å²) in [4.78, 5) is 0. The van der Waals surface area contributed by atoms with E-state index in [-0.39, 0.29) is 16.4 Å². The lowest BCUT2D eigenvalue weighted by atomic mass is 9.75. The van der Waals surface area contributed by atoms with Gasteiger partial charge >= 0.3 is 0 Å². The standard InChI is InChI=1S/C14H14ClF3/c1-14(2)6-8(5-9(15)7-14)10-3-4-11(16)13(18)12(10)17/h3-5,9H,6-7H2,1-2H3. The molecule has 0 radical (unpaired) electrons. The molecule has 0 bridgehead atoms. The van der Waals surface area contributed by atoms with Crippen LogP contribution >= 0.6 is 11.6 Å². The van der Waals surface area contributed by atoms with Gasteiger partial charge in [-0.15, -0.1) is 11.6 Å². The molecule has 0 aliphatic heterocycles. The Bertz CT molecular complexity index is 506. The minimum absolute atomic E-state index is 0.0756. The third-order valence-corrected chi connectivity index (χ3v) is 3.46. The summed E-state index contributed by atoms with van der Waals surface area (Å²) >= 11 is 6.10. The summed E-state index contributed by atoms with van der Waals surface area (Å²) in [5.41, 5.74) is 0.670. The van der Waals surface area contributed by atoms with Crippen LogP contribution in [0.25, 0.3) is 5.57 Å². The van der Waals surface area contributed by atoms with Crippen LogP contribution in [0.15, 0.2) is 18.2 Å². The van der Waals surface area contributed by atoms with E-state index >= 15 is 0 Å². The van der Waals surface area contributed by atoms with Crippen molar-refractivity contribution in [1.29, 1.82) is 0 Å². The maximum absolute atomic E-state index is 13.7. The molecule has 0 fully saturated rings. The summed E-state index contributed by atoms with van der Waals surface area (Å²) < 4.78 is 39.8. The third kappa shape index (κ3) is 2.56. The van der Waals surface area contributed by atoms with E-state index in [9.17, 15) is 13.2 Å². The fraction of sp³-hybridized carbons (Fsp3) is 0.429. The largest absolute Gasteiger partial charge is 0.204 e. The van der Waals surface area contributed by atoms with Crippen molar-refractivity contribution in [1.82, 2.24) is 0 Å². The van der Waals surface area contributed by atoms with E-state index in [2.05, 4.69) is 0 Å². The number of allylic oxidation sites excluding steroid dienone is 2. The molecule has 0 saturated heterocycles. The van der Waals surface area contributed by atoms with Gasteiger partial charge in [-0.25, -0.2) is 13.2 Å². The summed E-state index contributed by atoms with van der Waals surface area (Å²) in [6, 6.07) is 2.21. The molecule has 1 aliphatic rings. The van der Waals surface area contributed by atoms with E-state index in [1.807, 2.05) is 13.8 Å². The van der Waals surface area contributed by atoms with Crippen LogP contribution in [0.2, 0.25) is 0 Å². The molecule has 2 rings (SSSR count). The van der Waals surface area contributed by atoms with Crippen LogP contribution in [-0.2, 0) is 0 Å². The minimum Gasteiger partial charge on any atom is -0.204 e. The monoisotopic (exact) mass is 274 g/mol. The van der Waals surface area contributed by atoms with Crippen LogP contribution < -0.4 is 0 Å². The van der Waals surface area contributed by atoms with Crippen molar-refractivity contribution in [2.24, 2.45) is 5.41 Å². The van der Waals surface area contributed by atoms with Crippen LogP contribution in [0.1, 0.15) is 32.3 Å². The molecule has 1 aromatic rings. The van der Waals surface area contributed by atoms with Crippen molar-refractivity contribution >= 4 is 17.2 Å². The summed E-state index contributed by atoms with van der Waals surface area (Å²) in [5.74, 6) is -3.74. The lowest BCUT2D eigenvalue weighted by Gasteiger charge is -2.32. The summed E-state index contributed by atoms with van der Waals surface area (Å²) in [7, 11) is 0. The minimum atomic E-state index is -1.43. The highest BCUT2D eigenvalue weighted by Gasteiger charge is 2.30. The number of rotatable bonds is 1. The molecule has 4 heteroatoms. The van der Waals surface area contributed by atoms with Crippen LogP contribution in [0.4, 0.5) is 13.2 Å². The topological polar surface area (TPSA) is 0 Å². The number of hydrogen-bond acceptors (Lipinski definition) is 0. The summed E-state index contributed by atoms with van der Waals surface area (Å²) in [5, 5.41) is -0.212. The van der Waals surface area contributed by atoms with E-state index < -0.39 is 17.5 Å². The molecule has 0 saturated carbocycles. The Labute approximate surface area is 109 Å². The zero-order valence-electron chi connectivity index (χ0n) is 10.2. The van der Waals surface area contributed by atoms with Gasteiger partial charge in [-0.2, -0.15) is 0 Å². The summed E-state index contributed by atoms with van der Waals surface area (Å²) in [6.07, 6.45) is 3.10. The first-order valence-electron chi connectivity index (χ1n) is 5.79. The average Bonchev–Trinajstić information content (AvgIpc) is 2.23. The van der Waals surface area contributed by atoms with Crippen LogP contribution in [0.5, 0.6) is 0 Å². The van der Waals surface area contributed by atoms with E-state index in [0.717, 1.165) is 12.5 Å². The molecule has 1 unspecified atom stereocenters. The quantitative estimate of drug-likeness (QED) is 0.504. The van der Waals surface area contributed by atoms with Crippen molar-refractivity contribution in [2.45, 2.75) is 32.1 Å². The van der Waals surface area contributed by atoms with E-state index in [4.69, 9.17) is 11.6 Å². The second-order valence-corrected chi connectivity index (χ2v) is 6.04. The van der Waals surface area contributed by atoms with Crippen molar-refractivity contribution in [2.75, 3.05) is 0 Å². The molecule has 0 spiro atoms. The number of hydrogen-bond donors (Lipinski definition) is 0. The Morgan fingerprint density at radius 3 is 2.44 bits per heavy atom. The Kier molecular flexibility index (Phi) is 3.45. The lowest BCUT2D eigenvalue weighted by molar-refractivity contribution is 0.339. The van der Waals surface area contributed by atoms with E-state index in [0.29, 0.717) is 12.0 Å². The Hall–Kier alpha value is -0.960. The molecular formula is C14H14ClF3. The molecule has 18 heavy (non-hydrogen) atoms. The molecule has 1 atom stereocenters. The fourth-order valence-electron chi connectivity index (χ4n) is 2.41. The maximum atomic E-state index is 13.7. The number of halogens is 4. The lowest BCUT2D eigenvalue weighted by Crippen LogP contribution is -2.22. The van der Waals surface area contributed by atoms with Crippen molar-refractivity contribution in [3.8, 4) is 0 Å². The van der Waals surface area contributed by atoms with Crippen LogP contribution in [0, 0.1) is 22.9 Å². The highest BCUT2D eigenvalue weighted by atomic mass is 35.5. The van der Waals surface area contributed by atoms with Gasteiger partial charge in [-0.1, -0.05) is 19.9 Å². The average molecular weight is 275 g/mol. The van der Waals surface area contributed by atoms with Gasteiger partial charge in [0.25, 0.3) is 0 Å². The predicted molar refractivity (Wildman–Crippen MR) is 66.9 cm³/mol. The first-order valence-corrected chi connectivity index (χ1v) is 6.22. The van der Waals surface area contributed by atoms with Gasteiger partial charge in [0.05, 0.1) is 5.38 Å². The van der Waals surface area contributed by atoms with Gasteiger partial charge < -0.3 is 0 Å². The highest BCUT2D eigenvalue weighted by Crippen LogP contribution is 2.42. The predicted octanol–water partition coefficient (Wildman–Crippen LogP) is 4.91. The molecule has 1 aromatic carbocycles. The van der Waals surface area contributed by atoms with Gasteiger partial charge in [-0.3, -0.25) is 0 Å². The summed E-state index contributed by atoms with van der Waals surface area (Å²) in [6.45, 7) is 4.04. The normalized spacial score (nSPS) is 22.8. The zero-order valence-corrected chi connectivity index (χ0v) is 11.0. The van der Waals surface area contributed by atoms with Crippen molar-refractivity contribution < 1.29 is 13.2 Å². The zero-order chi connectivity index (χ0) is 13.5. The Morgan fingerprint density at radius 1 is 1.17 bits per heavy atom. The van der Waals surface area contributed by atoms with Crippen molar-refractivity contribution in [3.05, 3.63) is 41.2 Å². The highest BCUT2D eigenvalue weighted by molar-refractivity contribution is 6.22. The fourth-order valence-corrected chi connectivity index (χ4v) is 2.98. The molecule has 0 N–H and O–H groups in total. The maximum Gasteiger partial charge on any atom is 0.195 e. The van der Waals surface area contributed by atoms with Crippen molar-refractivity contribution in [3.63, 3.8) is 0 Å². The molecule has 0 amide bonds. The molecule has 0 heterocycles. The van der Waals surface area contributed by atoms with Crippen LogP contribution in [0.3, 0.4) is 0 Å². The molecule has 98 valence electrons. The smallest absolute Gasteiger partial charge is 0.195 e. The van der Waals surface area contributed by atoms with E-state index in [1.165, 1.54) is 6.07 Å². The molecule has 0 aromatic heterocycles. The number of benzene rings is 1. The first kappa shape index (κ1) is 13.5. The van der Waals surface area contributed by atoms with Gasteiger partial charge in [0.1, 0.15) is 0 Å². The van der Waals surface area contributed by atoms with Gasteiger partial charge in [0.2, 0.25) is 0 Å². The number of alkyl halides is 1. The Morgan fingerprint density at radius 2 is 1.83 bits per heavy atom. The first-order chi connectivity index (χ1) is 8.30. The molecule has 1 aliphatic carbocycles. The SMILES string of the molecule is CC1(C)CC(c2ccc(F)c(F)c2F)=CC(Cl)C1. The molecular weight excluding hydrogens is 261 g/mol. The van der Waals surface area contributed by atoms with E-state index in [1.54, 1.807) is 6.08 Å². The molecule has 0 nitrogen and oxygen atoms in total. The van der Waals surface area contributed by atoms with Gasteiger partial charge in [0.15, 0.2) is 17.5 Å². The van der Waals surface area contributed by atoms with Gasteiger partial charge in [-0.05, 0) is 36.0 Å². The second kappa shape index (κ2) is 4.61. The van der Waals surface area contributed by atoms with Crippen LogP contribution in [-0.4, -0.2) is 5.38 Å². The third-order valence-electron chi connectivity index (χ3n) is 3.18. The van der Waals surface area contributed by atoms with Gasteiger partial charge in [0, 0.05) is 5.56 Å². The Balaban J connectivity index is 2.47.